The zero-order chi connectivity index (χ0) is 10.5. The maximum atomic E-state index is 5.59. The Kier molecular flexibility index (Phi) is 1.90. The fourth-order valence-corrected chi connectivity index (χ4v) is 3.49. The highest BCUT2D eigenvalue weighted by molar-refractivity contribution is 5.23. The monoisotopic (exact) mass is 203 g/mol. The molecule has 1 aliphatic heterocycles. The van der Waals surface area contributed by atoms with Gasteiger partial charge in [-0.3, -0.25) is 4.98 Å². The molecule has 2 nitrogen and oxygen atoms in total. The minimum Gasteiger partial charge on any atom is -0.381 e. The van der Waals surface area contributed by atoms with Crippen LogP contribution in [0.5, 0.6) is 0 Å². The smallest absolute Gasteiger partial charge is 0.0504 e. The Bertz CT molecular complexity index is 360. The SMILES string of the molecule is CC1(C)[C@@H]2COC[C@@H]2[C@H]1c1ccccn1. The Balaban J connectivity index is 1.94. The number of fused-ring (bicyclic) bond motifs is 1. The van der Waals surface area contributed by atoms with Gasteiger partial charge in [-0.15, -0.1) is 0 Å². The van der Waals surface area contributed by atoms with Crippen LogP contribution < -0.4 is 0 Å². The summed E-state index contributed by atoms with van der Waals surface area (Å²) in [4.78, 5) is 4.50. The Hall–Kier alpha value is -0.890. The molecular weight excluding hydrogens is 186 g/mol. The maximum absolute atomic E-state index is 5.59. The third-order valence-electron chi connectivity index (χ3n) is 4.32. The van der Waals surface area contributed by atoms with Crippen LogP contribution in [-0.4, -0.2) is 18.2 Å². The molecule has 15 heavy (non-hydrogen) atoms. The van der Waals surface area contributed by atoms with Crippen molar-refractivity contribution >= 4 is 0 Å². The molecule has 2 fully saturated rings. The van der Waals surface area contributed by atoms with Crippen molar-refractivity contribution in [3.05, 3.63) is 30.1 Å². The first-order valence-corrected chi connectivity index (χ1v) is 5.70. The summed E-state index contributed by atoms with van der Waals surface area (Å²) in [7, 11) is 0. The van der Waals surface area contributed by atoms with E-state index in [1.54, 1.807) is 0 Å². The second-order valence-corrected chi connectivity index (χ2v) is 5.36. The molecule has 2 heterocycles. The summed E-state index contributed by atoms with van der Waals surface area (Å²) in [6, 6.07) is 6.22. The van der Waals surface area contributed by atoms with Crippen molar-refractivity contribution in [1.29, 1.82) is 0 Å². The number of rotatable bonds is 1. The summed E-state index contributed by atoms with van der Waals surface area (Å²) in [5.74, 6) is 2.03. The van der Waals surface area contributed by atoms with Crippen molar-refractivity contribution < 1.29 is 4.74 Å². The summed E-state index contributed by atoms with van der Waals surface area (Å²) in [5, 5.41) is 0. The van der Waals surface area contributed by atoms with Crippen molar-refractivity contribution in [3.63, 3.8) is 0 Å². The van der Waals surface area contributed by atoms with Crippen molar-refractivity contribution in [1.82, 2.24) is 4.98 Å². The van der Waals surface area contributed by atoms with E-state index in [0.717, 1.165) is 19.1 Å². The molecule has 2 aliphatic rings. The van der Waals surface area contributed by atoms with Gasteiger partial charge in [0.2, 0.25) is 0 Å². The van der Waals surface area contributed by atoms with E-state index in [2.05, 4.69) is 31.0 Å². The van der Waals surface area contributed by atoms with Crippen LogP contribution >= 0.6 is 0 Å². The third-order valence-corrected chi connectivity index (χ3v) is 4.32. The van der Waals surface area contributed by atoms with Crippen molar-refractivity contribution in [2.24, 2.45) is 17.3 Å². The molecule has 1 aromatic rings. The van der Waals surface area contributed by atoms with E-state index in [1.165, 1.54) is 5.69 Å². The quantitative estimate of drug-likeness (QED) is 0.699. The summed E-state index contributed by atoms with van der Waals surface area (Å²) in [6.07, 6.45) is 1.90. The van der Waals surface area contributed by atoms with Gasteiger partial charge in [-0.1, -0.05) is 19.9 Å². The van der Waals surface area contributed by atoms with Gasteiger partial charge in [0.1, 0.15) is 0 Å². The normalized spacial score (nSPS) is 37.1. The largest absolute Gasteiger partial charge is 0.381 e. The van der Waals surface area contributed by atoms with E-state index in [4.69, 9.17) is 4.74 Å². The molecule has 0 N–H and O–H groups in total. The minimum atomic E-state index is 0.357. The number of aromatic nitrogens is 1. The fourth-order valence-electron chi connectivity index (χ4n) is 3.49. The van der Waals surface area contributed by atoms with Crippen molar-refractivity contribution in [2.45, 2.75) is 19.8 Å². The number of ether oxygens (including phenoxy) is 1. The average molecular weight is 203 g/mol. The van der Waals surface area contributed by atoms with Crippen LogP contribution in [0.15, 0.2) is 24.4 Å². The molecule has 1 aliphatic carbocycles. The lowest BCUT2D eigenvalue weighted by atomic mass is 9.48. The number of hydrogen-bond donors (Lipinski definition) is 0. The van der Waals surface area contributed by atoms with E-state index in [-0.39, 0.29) is 0 Å². The summed E-state index contributed by atoms with van der Waals surface area (Å²) in [6.45, 7) is 6.57. The average Bonchev–Trinajstić information content (AvgIpc) is 2.65. The highest BCUT2D eigenvalue weighted by Gasteiger charge is 2.59. The van der Waals surface area contributed by atoms with Gasteiger partial charge in [-0.25, -0.2) is 0 Å². The molecule has 0 bridgehead atoms. The Morgan fingerprint density at radius 3 is 2.93 bits per heavy atom. The highest BCUT2D eigenvalue weighted by atomic mass is 16.5. The molecule has 3 atom stereocenters. The lowest BCUT2D eigenvalue weighted by Gasteiger charge is -2.54. The number of pyridine rings is 1. The van der Waals surface area contributed by atoms with Gasteiger partial charge in [0.15, 0.2) is 0 Å². The van der Waals surface area contributed by atoms with Crippen LogP contribution in [-0.2, 0) is 4.74 Å². The first-order chi connectivity index (χ1) is 7.21. The standard InChI is InChI=1S/C13H17NO/c1-13(2)10-8-15-7-9(10)12(13)11-5-3-4-6-14-11/h3-6,9-10,12H,7-8H2,1-2H3/t9-,10+,12-/m0/s1. The van der Waals surface area contributed by atoms with Crippen LogP contribution in [0.4, 0.5) is 0 Å². The molecule has 80 valence electrons. The molecule has 3 rings (SSSR count). The second kappa shape index (κ2) is 3.05. The maximum Gasteiger partial charge on any atom is 0.0504 e. The molecule has 0 aromatic carbocycles. The first-order valence-electron chi connectivity index (χ1n) is 5.70. The van der Waals surface area contributed by atoms with Gasteiger partial charge in [-0.05, 0) is 29.4 Å². The predicted octanol–water partition coefficient (Wildman–Crippen LogP) is 2.47. The zero-order valence-corrected chi connectivity index (χ0v) is 9.31. The molecular formula is C13H17NO. The predicted molar refractivity (Wildman–Crippen MR) is 58.6 cm³/mol. The van der Waals surface area contributed by atoms with E-state index in [1.807, 2.05) is 12.3 Å². The van der Waals surface area contributed by atoms with Gasteiger partial charge in [0.25, 0.3) is 0 Å². The van der Waals surface area contributed by atoms with Gasteiger partial charge in [0.05, 0.1) is 13.2 Å². The van der Waals surface area contributed by atoms with Crippen LogP contribution in [0, 0.1) is 17.3 Å². The lowest BCUT2D eigenvalue weighted by Crippen LogP contribution is -2.51. The highest BCUT2D eigenvalue weighted by Crippen LogP contribution is 2.62. The Morgan fingerprint density at radius 2 is 2.20 bits per heavy atom. The Labute approximate surface area is 90.7 Å². The van der Waals surface area contributed by atoms with Gasteiger partial charge in [-0.2, -0.15) is 0 Å². The van der Waals surface area contributed by atoms with E-state index in [9.17, 15) is 0 Å². The molecule has 1 aromatic heterocycles. The molecule has 0 radical (unpaired) electrons. The summed E-state index contributed by atoms with van der Waals surface area (Å²) >= 11 is 0. The van der Waals surface area contributed by atoms with Gasteiger partial charge < -0.3 is 4.74 Å². The molecule has 0 amide bonds. The Morgan fingerprint density at radius 1 is 1.33 bits per heavy atom. The van der Waals surface area contributed by atoms with Gasteiger partial charge in [0, 0.05) is 17.8 Å². The fraction of sp³-hybridized carbons (Fsp3) is 0.615. The third kappa shape index (κ3) is 1.18. The molecule has 0 spiro atoms. The molecule has 2 heteroatoms. The van der Waals surface area contributed by atoms with E-state index in [0.29, 0.717) is 17.3 Å². The van der Waals surface area contributed by atoms with E-state index >= 15 is 0 Å². The van der Waals surface area contributed by atoms with E-state index < -0.39 is 0 Å². The van der Waals surface area contributed by atoms with Crippen LogP contribution in [0.2, 0.25) is 0 Å². The zero-order valence-electron chi connectivity index (χ0n) is 9.31. The molecule has 1 saturated heterocycles. The van der Waals surface area contributed by atoms with Gasteiger partial charge >= 0.3 is 0 Å². The van der Waals surface area contributed by atoms with Crippen LogP contribution in [0.3, 0.4) is 0 Å². The van der Waals surface area contributed by atoms with Crippen LogP contribution in [0.1, 0.15) is 25.5 Å². The topological polar surface area (TPSA) is 22.1 Å². The molecule has 0 unspecified atom stereocenters. The first kappa shape index (κ1) is 9.34. The second-order valence-electron chi connectivity index (χ2n) is 5.36. The lowest BCUT2D eigenvalue weighted by molar-refractivity contribution is -0.0130. The van der Waals surface area contributed by atoms with Crippen molar-refractivity contribution in [3.8, 4) is 0 Å². The number of hydrogen-bond acceptors (Lipinski definition) is 2. The van der Waals surface area contributed by atoms with Crippen LogP contribution in [0.25, 0.3) is 0 Å². The number of nitrogens with zero attached hydrogens (tertiary/aromatic N) is 1. The molecule has 1 saturated carbocycles. The summed E-state index contributed by atoms with van der Waals surface area (Å²) < 4.78 is 5.59. The minimum absolute atomic E-state index is 0.357. The summed E-state index contributed by atoms with van der Waals surface area (Å²) in [5.41, 5.74) is 1.60. The van der Waals surface area contributed by atoms with Crippen molar-refractivity contribution in [2.75, 3.05) is 13.2 Å².